The fourth-order valence-corrected chi connectivity index (χ4v) is 7.35. The molecule has 1 amide bonds. The summed E-state index contributed by atoms with van der Waals surface area (Å²) in [6, 6.07) is 7.94. The van der Waals surface area contributed by atoms with Crippen LogP contribution in [0.4, 0.5) is 13.2 Å². The van der Waals surface area contributed by atoms with Gasteiger partial charge in [0.15, 0.2) is 0 Å². The van der Waals surface area contributed by atoms with Crippen LogP contribution < -0.4 is 10.1 Å². The van der Waals surface area contributed by atoms with E-state index in [9.17, 15) is 41.1 Å². The fourth-order valence-electron chi connectivity index (χ4n) is 4.96. The SMILES string of the molecule is O=C(CN1CCCCC1)Oc1ccc(C[C@H](NC(=O)[C@@H]2CCCN2S(=O)(=O)c2cc(Cl)cc(Cl)c2)C(=O)O)cc1.O=C(O)C(F)(F)F. The van der Waals surface area contributed by atoms with Crippen LogP contribution >= 0.6 is 23.2 Å². The molecule has 18 heteroatoms. The number of carbonyl (C=O) groups is 4. The molecule has 0 aromatic heterocycles. The number of hydrogen-bond donors (Lipinski definition) is 3. The second kappa shape index (κ2) is 16.6. The molecule has 0 saturated carbocycles. The van der Waals surface area contributed by atoms with E-state index in [4.69, 9.17) is 37.8 Å². The van der Waals surface area contributed by atoms with Crippen molar-refractivity contribution in [1.82, 2.24) is 14.5 Å². The van der Waals surface area contributed by atoms with E-state index >= 15 is 0 Å². The zero-order valence-corrected chi connectivity index (χ0v) is 27.0. The summed E-state index contributed by atoms with van der Waals surface area (Å²) in [5, 5.41) is 19.7. The molecule has 4 rings (SSSR count). The molecule has 47 heavy (non-hydrogen) atoms. The first-order valence-electron chi connectivity index (χ1n) is 14.3. The van der Waals surface area contributed by atoms with Gasteiger partial charge in [-0.15, -0.1) is 0 Å². The number of carboxylic acids is 2. The predicted octanol–water partition coefficient (Wildman–Crippen LogP) is 3.98. The number of ether oxygens (including phenoxy) is 1. The summed E-state index contributed by atoms with van der Waals surface area (Å²) >= 11 is 12.0. The molecule has 2 aliphatic heterocycles. The molecule has 12 nitrogen and oxygen atoms in total. The number of hydrogen-bond acceptors (Lipinski definition) is 8. The molecule has 2 fully saturated rings. The Bertz CT molecular complexity index is 1530. The summed E-state index contributed by atoms with van der Waals surface area (Å²) in [5.74, 6) is -4.74. The number of amides is 1. The molecule has 0 aliphatic carbocycles. The lowest BCUT2D eigenvalue weighted by Gasteiger charge is -2.25. The van der Waals surface area contributed by atoms with Crippen molar-refractivity contribution < 1.29 is 55.7 Å². The van der Waals surface area contributed by atoms with E-state index in [2.05, 4.69) is 10.2 Å². The summed E-state index contributed by atoms with van der Waals surface area (Å²) in [7, 11) is -4.11. The van der Waals surface area contributed by atoms with Crippen LogP contribution in [0, 0.1) is 0 Å². The number of carbonyl (C=O) groups excluding carboxylic acids is 2. The molecule has 0 unspecified atom stereocenters. The highest BCUT2D eigenvalue weighted by molar-refractivity contribution is 7.89. The average Bonchev–Trinajstić information content (AvgIpc) is 3.49. The molecule has 0 radical (unpaired) electrons. The molecule has 2 aliphatic rings. The normalized spacial score (nSPS) is 18.0. The molecule has 2 atom stereocenters. The van der Waals surface area contributed by atoms with Gasteiger partial charge >= 0.3 is 24.1 Å². The van der Waals surface area contributed by atoms with Gasteiger partial charge in [-0.25, -0.2) is 18.0 Å². The van der Waals surface area contributed by atoms with E-state index in [1.807, 2.05) is 0 Å². The van der Waals surface area contributed by atoms with Crippen molar-refractivity contribution in [3.05, 3.63) is 58.1 Å². The topological polar surface area (TPSA) is 171 Å². The van der Waals surface area contributed by atoms with E-state index in [0.29, 0.717) is 17.7 Å². The van der Waals surface area contributed by atoms with E-state index in [0.717, 1.165) is 30.2 Å². The van der Waals surface area contributed by atoms with Gasteiger partial charge < -0.3 is 20.3 Å². The van der Waals surface area contributed by atoms with Gasteiger partial charge in [0.2, 0.25) is 15.9 Å². The number of benzene rings is 2. The van der Waals surface area contributed by atoms with E-state index in [-0.39, 0.29) is 46.8 Å². The van der Waals surface area contributed by atoms with E-state index in [1.54, 1.807) is 24.3 Å². The van der Waals surface area contributed by atoms with Crippen LogP contribution in [0.1, 0.15) is 37.7 Å². The zero-order valence-electron chi connectivity index (χ0n) is 24.7. The van der Waals surface area contributed by atoms with Crippen LogP contribution in [0.15, 0.2) is 47.4 Å². The Morgan fingerprint density at radius 3 is 2.04 bits per heavy atom. The lowest BCUT2D eigenvalue weighted by atomic mass is 10.1. The van der Waals surface area contributed by atoms with Gasteiger partial charge in [-0.1, -0.05) is 41.8 Å². The van der Waals surface area contributed by atoms with Crippen LogP contribution in [0.3, 0.4) is 0 Å². The Balaban J connectivity index is 0.000000771. The Morgan fingerprint density at radius 2 is 1.51 bits per heavy atom. The van der Waals surface area contributed by atoms with Gasteiger partial charge in [0.1, 0.15) is 17.8 Å². The molecule has 2 saturated heterocycles. The fraction of sp³-hybridized carbons (Fsp3) is 0.448. The zero-order chi connectivity index (χ0) is 34.9. The van der Waals surface area contributed by atoms with Crippen molar-refractivity contribution in [2.45, 2.75) is 61.7 Å². The Kier molecular flexibility index (Phi) is 13.4. The Labute approximate surface area is 278 Å². The van der Waals surface area contributed by atoms with Crippen LogP contribution in [0.5, 0.6) is 5.75 Å². The van der Waals surface area contributed by atoms with Crippen LogP contribution in [-0.4, -0.2) is 96.1 Å². The Morgan fingerprint density at radius 1 is 0.936 bits per heavy atom. The lowest BCUT2D eigenvalue weighted by Crippen LogP contribution is -2.51. The van der Waals surface area contributed by atoms with Gasteiger partial charge in [0.25, 0.3) is 0 Å². The molecule has 2 aromatic rings. The summed E-state index contributed by atoms with van der Waals surface area (Å²) in [6.07, 6.45) is -1.17. The minimum atomic E-state index is -5.08. The third-order valence-corrected chi connectivity index (χ3v) is 9.52. The highest BCUT2D eigenvalue weighted by Crippen LogP contribution is 2.30. The van der Waals surface area contributed by atoms with E-state index < -0.39 is 46.1 Å². The number of nitrogens with zero attached hydrogens (tertiary/aromatic N) is 2. The first-order chi connectivity index (χ1) is 22.0. The number of halogens is 5. The number of nitrogens with one attached hydrogen (secondary N) is 1. The van der Waals surface area contributed by atoms with Crippen LogP contribution in [0.25, 0.3) is 0 Å². The van der Waals surface area contributed by atoms with E-state index in [1.165, 1.54) is 24.6 Å². The summed E-state index contributed by atoms with van der Waals surface area (Å²) in [6.45, 7) is 2.05. The number of carboxylic acid groups (broad SMARTS) is 2. The van der Waals surface area contributed by atoms with Crippen molar-refractivity contribution in [2.75, 3.05) is 26.2 Å². The molecular formula is C29H32Cl2F3N3O9S. The maximum atomic E-state index is 13.3. The maximum absolute atomic E-state index is 13.3. The maximum Gasteiger partial charge on any atom is 0.490 e. The number of likely N-dealkylation sites (tertiary alicyclic amines) is 1. The largest absolute Gasteiger partial charge is 0.490 e. The van der Waals surface area contributed by atoms with Crippen molar-refractivity contribution in [3.63, 3.8) is 0 Å². The second-order valence-electron chi connectivity index (χ2n) is 10.7. The van der Waals surface area contributed by atoms with Crippen LogP contribution in [-0.2, 0) is 35.6 Å². The van der Waals surface area contributed by atoms with Gasteiger partial charge in [-0.3, -0.25) is 14.5 Å². The number of piperidine rings is 1. The summed E-state index contributed by atoms with van der Waals surface area (Å²) in [5.41, 5.74) is 0.591. The van der Waals surface area contributed by atoms with Gasteiger partial charge in [0, 0.05) is 23.0 Å². The monoisotopic (exact) mass is 725 g/mol. The lowest BCUT2D eigenvalue weighted by molar-refractivity contribution is -0.192. The molecule has 2 heterocycles. The van der Waals surface area contributed by atoms with Gasteiger partial charge in [0.05, 0.1) is 11.4 Å². The van der Waals surface area contributed by atoms with Crippen molar-refractivity contribution in [2.24, 2.45) is 0 Å². The van der Waals surface area contributed by atoms with Crippen molar-refractivity contribution in [3.8, 4) is 5.75 Å². The smallest absolute Gasteiger partial charge is 0.480 e. The molecular weight excluding hydrogens is 694 g/mol. The third kappa shape index (κ3) is 11.3. The molecule has 0 bridgehead atoms. The standard InChI is InChI=1S/C27H31Cl2N3O7S.C2HF3O2/c28-19-14-20(29)16-22(15-19)40(37,38)32-12-4-5-24(32)26(34)30-23(27(35)36)13-18-6-8-21(9-7-18)39-25(33)17-31-10-2-1-3-11-31;3-2(4,5)1(6)7/h6-9,14-16,23-24H,1-5,10-13,17H2,(H,30,34)(H,35,36);(H,6,7)/t23-,24-;/m0./s1. The molecule has 0 spiro atoms. The first-order valence-corrected chi connectivity index (χ1v) is 16.5. The number of sulfonamides is 1. The van der Waals surface area contributed by atoms with Crippen molar-refractivity contribution >= 4 is 57.0 Å². The highest BCUT2D eigenvalue weighted by Gasteiger charge is 2.41. The number of esters is 1. The summed E-state index contributed by atoms with van der Waals surface area (Å²) in [4.78, 5) is 48.2. The Hall–Kier alpha value is -3.44. The van der Waals surface area contributed by atoms with Crippen molar-refractivity contribution in [1.29, 1.82) is 0 Å². The average molecular weight is 727 g/mol. The molecule has 2 aromatic carbocycles. The molecule has 258 valence electrons. The highest BCUT2D eigenvalue weighted by atomic mass is 35.5. The number of aliphatic carboxylic acids is 2. The van der Waals surface area contributed by atoms with Crippen LogP contribution in [0.2, 0.25) is 10.0 Å². The number of alkyl halides is 3. The van der Waals surface area contributed by atoms with Gasteiger partial charge in [-0.2, -0.15) is 17.5 Å². The minimum Gasteiger partial charge on any atom is -0.480 e. The third-order valence-electron chi connectivity index (χ3n) is 7.20. The minimum absolute atomic E-state index is 0.0492. The second-order valence-corrected chi connectivity index (χ2v) is 13.5. The molecule has 3 N–H and O–H groups in total. The quantitative estimate of drug-likeness (QED) is 0.241. The predicted molar refractivity (Wildman–Crippen MR) is 163 cm³/mol. The van der Waals surface area contributed by atoms with Gasteiger partial charge in [-0.05, 0) is 74.7 Å². The summed E-state index contributed by atoms with van der Waals surface area (Å²) < 4.78 is 64.7. The number of rotatable bonds is 10. The first kappa shape index (κ1) is 38.0.